The third kappa shape index (κ3) is 5.62. The standard InChI is InChI=1S/C25H23N5O3S/c1-17(31)26-19-11-13-20(14-12-19)27-23(32)16-34-25-29-28-24(18-7-6-10-22(15-18)33-2)30(25)21-8-4-3-5-9-21/h3-15H,16H2,1-2H3,(H,26,31)(H,27,32). The molecule has 2 amide bonds. The average Bonchev–Trinajstić information content (AvgIpc) is 3.28. The minimum absolute atomic E-state index is 0.149. The molecule has 0 fully saturated rings. The maximum atomic E-state index is 12.6. The number of carbonyl (C=O) groups is 2. The van der Waals surface area contributed by atoms with E-state index in [0.717, 1.165) is 17.0 Å². The van der Waals surface area contributed by atoms with Gasteiger partial charge in [0, 0.05) is 29.5 Å². The van der Waals surface area contributed by atoms with Crippen molar-refractivity contribution in [2.45, 2.75) is 12.1 Å². The summed E-state index contributed by atoms with van der Waals surface area (Å²) in [4.78, 5) is 23.7. The highest BCUT2D eigenvalue weighted by Gasteiger charge is 2.18. The van der Waals surface area contributed by atoms with Crippen LogP contribution in [0.1, 0.15) is 6.92 Å². The molecule has 8 nitrogen and oxygen atoms in total. The lowest BCUT2D eigenvalue weighted by Gasteiger charge is -2.11. The number of hydrogen-bond donors (Lipinski definition) is 2. The van der Waals surface area contributed by atoms with Crippen LogP contribution in [0.3, 0.4) is 0 Å². The fraction of sp³-hybridized carbons (Fsp3) is 0.120. The molecule has 0 aliphatic heterocycles. The van der Waals surface area contributed by atoms with Gasteiger partial charge in [0.05, 0.1) is 12.9 Å². The van der Waals surface area contributed by atoms with Crippen molar-refractivity contribution >= 4 is 35.0 Å². The van der Waals surface area contributed by atoms with E-state index in [-0.39, 0.29) is 17.6 Å². The zero-order chi connectivity index (χ0) is 23.9. The minimum Gasteiger partial charge on any atom is -0.497 e. The summed E-state index contributed by atoms with van der Waals surface area (Å²) >= 11 is 1.30. The molecule has 4 aromatic rings. The lowest BCUT2D eigenvalue weighted by atomic mass is 10.2. The normalized spacial score (nSPS) is 10.5. The van der Waals surface area contributed by atoms with Crippen LogP contribution in [0.25, 0.3) is 17.1 Å². The Morgan fingerprint density at radius 1 is 0.912 bits per heavy atom. The highest BCUT2D eigenvalue weighted by atomic mass is 32.2. The van der Waals surface area contributed by atoms with E-state index >= 15 is 0 Å². The molecule has 34 heavy (non-hydrogen) atoms. The molecular weight excluding hydrogens is 450 g/mol. The third-order valence-electron chi connectivity index (χ3n) is 4.80. The summed E-state index contributed by atoms with van der Waals surface area (Å²) in [5.41, 5.74) is 3.05. The zero-order valence-electron chi connectivity index (χ0n) is 18.7. The number of thioether (sulfide) groups is 1. The first kappa shape index (κ1) is 23.1. The van der Waals surface area contributed by atoms with Crippen LogP contribution in [0.5, 0.6) is 5.75 Å². The summed E-state index contributed by atoms with van der Waals surface area (Å²) in [5.74, 6) is 1.20. The Morgan fingerprint density at radius 2 is 1.62 bits per heavy atom. The van der Waals surface area contributed by atoms with E-state index in [1.54, 1.807) is 31.4 Å². The molecule has 172 valence electrons. The summed E-state index contributed by atoms with van der Waals surface area (Å²) in [6.07, 6.45) is 0. The van der Waals surface area contributed by atoms with Gasteiger partial charge in [-0.2, -0.15) is 0 Å². The summed E-state index contributed by atoms with van der Waals surface area (Å²) in [5, 5.41) is 14.9. The smallest absolute Gasteiger partial charge is 0.234 e. The van der Waals surface area contributed by atoms with E-state index in [1.807, 2.05) is 59.2 Å². The van der Waals surface area contributed by atoms with E-state index in [0.29, 0.717) is 22.4 Å². The van der Waals surface area contributed by atoms with Crippen LogP contribution < -0.4 is 15.4 Å². The van der Waals surface area contributed by atoms with Crippen LogP contribution in [-0.2, 0) is 9.59 Å². The maximum Gasteiger partial charge on any atom is 0.234 e. The van der Waals surface area contributed by atoms with Gasteiger partial charge < -0.3 is 15.4 Å². The van der Waals surface area contributed by atoms with Gasteiger partial charge in [0.2, 0.25) is 11.8 Å². The molecule has 1 heterocycles. The van der Waals surface area contributed by atoms with Gasteiger partial charge in [0.1, 0.15) is 5.75 Å². The Morgan fingerprint density at radius 3 is 2.29 bits per heavy atom. The van der Waals surface area contributed by atoms with Crippen molar-refractivity contribution < 1.29 is 14.3 Å². The van der Waals surface area contributed by atoms with Gasteiger partial charge in [-0.1, -0.05) is 42.1 Å². The topological polar surface area (TPSA) is 98.1 Å². The van der Waals surface area contributed by atoms with Gasteiger partial charge in [0.15, 0.2) is 11.0 Å². The van der Waals surface area contributed by atoms with Crippen molar-refractivity contribution in [3.05, 3.63) is 78.9 Å². The number of para-hydroxylation sites is 1. The molecule has 2 N–H and O–H groups in total. The second-order valence-corrected chi connectivity index (χ2v) is 8.25. The Kier molecular flexibility index (Phi) is 7.24. The number of amides is 2. The van der Waals surface area contributed by atoms with Gasteiger partial charge in [-0.25, -0.2) is 0 Å². The van der Waals surface area contributed by atoms with Crippen LogP contribution in [-0.4, -0.2) is 39.4 Å². The molecule has 0 saturated carbocycles. The van der Waals surface area contributed by atoms with Crippen LogP contribution >= 0.6 is 11.8 Å². The minimum atomic E-state index is -0.178. The molecule has 0 bridgehead atoms. The summed E-state index contributed by atoms with van der Waals surface area (Å²) in [7, 11) is 1.62. The van der Waals surface area contributed by atoms with E-state index in [1.165, 1.54) is 18.7 Å². The molecule has 0 radical (unpaired) electrons. The van der Waals surface area contributed by atoms with E-state index < -0.39 is 0 Å². The first-order valence-electron chi connectivity index (χ1n) is 10.5. The largest absolute Gasteiger partial charge is 0.497 e. The highest BCUT2D eigenvalue weighted by molar-refractivity contribution is 7.99. The predicted octanol–water partition coefficient (Wildman–Crippen LogP) is 4.63. The van der Waals surface area contributed by atoms with Crippen molar-refractivity contribution in [2.24, 2.45) is 0 Å². The van der Waals surface area contributed by atoms with E-state index in [4.69, 9.17) is 4.74 Å². The fourth-order valence-electron chi connectivity index (χ4n) is 3.29. The molecule has 4 rings (SSSR count). The van der Waals surface area contributed by atoms with Crippen molar-refractivity contribution in [2.75, 3.05) is 23.5 Å². The molecule has 0 spiro atoms. The monoisotopic (exact) mass is 473 g/mol. The van der Waals surface area contributed by atoms with Gasteiger partial charge in [0.25, 0.3) is 0 Å². The Bertz CT molecular complexity index is 1290. The first-order valence-corrected chi connectivity index (χ1v) is 11.5. The maximum absolute atomic E-state index is 12.6. The lowest BCUT2D eigenvalue weighted by Crippen LogP contribution is -2.14. The first-order chi connectivity index (χ1) is 16.5. The number of aromatic nitrogens is 3. The van der Waals surface area contributed by atoms with Crippen molar-refractivity contribution in [3.63, 3.8) is 0 Å². The quantitative estimate of drug-likeness (QED) is 0.362. The van der Waals surface area contributed by atoms with Crippen LogP contribution in [0, 0.1) is 0 Å². The van der Waals surface area contributed by atoms with Crippen molar-refractivity contribution in [1.29, 1.82) is 0 Å². The molecule has 3 aromatic carbocycles. The van der Waals surface area contributed by atoms with Gasteiger partial charge in [-0.05, 0) is 48.5 Å². The number of methoxy groups -OCH3 is 1. The van der Waals surface area contributed by atoms with Crippen LogP contribution in [0.2, 0.25) is 0 Å². The SMILES string of the molecule is COc1cccc(-c2nnc(SCC(=O)Nc3ccc(NC(C)=O)cc3)n2-c2ccccc2)c1. The second kappa shape index (κ2) is 10.7. The molecule has 0 aliphatic carbocycles. The molecule has 9 heteroatoms. The number of ether oxygens (including phenoxy) is 1. The lowest BCUT2D eigenvalue weighted by molar-refractivity contribution is -0.114. The van der Waals surface area contributed by atoms with E-state index in [2.05, 4.69) is 20.8 Å². The molecular formula is C25H23N5O3S. The number of nitrogens with one attached hydrogen (secondary N) is 2. The summed E-state index contributed by atoms with van der Waals surface area (Å²) in [6, 6.07) is 24.3. The molecule has 1 aromatic heterocycles. The molecule has 0 unspecified atom stereocenters. The van der Waals surface area contributed by atoms with Crippen LogP contribution in [0.15, 0.2) is 84.0 Å². The molecule has 0 saturated heterocycles. The molecule has 0 atom stereocenters. The number of anilines is 2. The molecule has 0 aliphatic rings. The van der Waals surface area contributed by atoms with Gasteiger partial charge >= 0.3 is 0 Å². The fourth-order valence-corrected chi connectivity index (χ4v) is 4.04. The number of benzene rings is 3. The Labute approximate surface area is 201 Å². The number of rotatable bonds is 8. The van der Waals surface area contributed by atoms with Crippen molar-refractivity contribution in [3.8, 4) is 22.8 Å². The third-order valence-corrected chi connectivity index (χ3v) is 5.73. The van der Waals surface area contributed by atoms with Crippen LogP contribution in [0.4, 0.5) is 11.4 Å². The van der Waals surface area contributed by atoms with Crippen molar-refractivity contribution in [1.82, 2.24) is 14.8 Å². The second-order valence-electron chi connectivity index (χ2n) is 7.30. The Hall–Kier alpha value is -4.11. The average molecular weight is 474 g/mol. The van der Waals surface area contributed by atoms with E-state index in [9.17, 15) is 9.59 Å². The Balaban J connectivity index is 1.52. The summed E-state index contributed by atoms with van der Waals surface area (Å²) in [6.45, 7) is 1.45. The highest BCUT2D eigenvalue weighted by Crippen LogP contribution is 2.29. The summed E-state index contributed by atoms with van der Waals surface area (Å²) < 4.78 is 7.28. The number of nitrogens with zero attached hydrogens (tertiary/aromatic N) is 3. The van der Waals surface area contributed by atoms with Gasteiger partial charge in [-0.15, -0.1) is 10.2 Å². The zero-order valence-corrected chi connectivity index (χ0v) is 19.5. The number of carbonyl (C=O) groups excluding carboxylic acids is 2. The number of hydrogen-bond acceptors (Lipinski definition) is 6. The van der Waals surface area contributed by atoms with Gasteiger partial charge in [-0.3, -0.25) is 14.2 Å². The predicted molar refractivity (Wildman–Crippen MR) is 133 cm³/mol.